The van der Waals surface area contributed by atoms with Crippen LogP contribution in [0.15, 0.2) is 42.5 Å². The molecule has 3 aromatic rings. The number of hydrogen-bond acceptors (Lipinski definition) is 8. The van der Waals surface area contributed by atoms with Gasteiger partial charge >= 0.3 is 5.97 Å². The third-order valence-corrected chi connectivity index (χ3v) is 5.70. The van der Waals surface area contributed by atoms with E-state index in [1.165, 1.54) is 0 Å². The first kappa shape index (κ1) is 21.7. The molecule has 0 saturated heterocycles. The number of fused-ring (bicyclic) bond motifs is 1. The Labute approximate surface area is 181 Å². The van der Waals surface area contributed by atoms with Crippen LogP contribution in [0.1, 0.15) is 12.5 Å². The lowest BCUT2D eigenvalue weighted by Crippen LogP contribution is -2.26. The van der Waals surface area contributed by atoms with Crippen LogP contribution in [0.5, 0.6) is 0 Å². The Morgan fingerprint density at radius 1 is 1.07 bits per heavy atom. The van der Waals surface area contributed by atoms with Crippen molar-refractivity contribution in [2.24, 2.45) is 0 Å². The van der Waals surface area contributed by atoms with Crippen LogP contribution in [0.4, 0.5) is 11.4 Å². The van der Waals surface area contributed by atoms with Crippen molar-refractivity contribution in [3.8, 4) is 0 Å². The second-order valence-corrected chi connectivity index (χ2v) is 8.32. The summed E-state index contributed by atoms with van der Waals surface area (Å²) in [7, 11) is 0. The largest absolute Gasteiger partial charge is 0.455 e. The molecule has 10 heteroatoms. The highest BCUT2D eigenvalue weighted by Gasteiger charge is 2.18. The zero-order valence-corrected chi connectivity index (χ0v) is 18.0. The number of carbonyl (C=O) groups is 3. The predicted molar refractivity (Wildman–Crippen MR) is 119 cm³/mol. The molecule has 0 bridgehead atoms. The number of ether oxygens (including phenoxy) is 1. The SMILES string of the molecule is Cc1ccc(NC(=O)CS[C@@H](C)C(=O)OCC(=O)Nc2cccc3nsnc23)cc1. The van der Waals surface area contributed by atoms with Crippen LogP contribution in [0.2, 0.25) is 0 Å². The molecule has 0 aliphatic rings. The van der Waals surface area contributed by atoms with Crippen molar-refractivity contribution in [2.75, 3.05) is 23.0 Å². The molecule has 1 aromatic heterocycles. The van der Waals surface area contributed by atoms with Gasteiger partial charge in [0.2, 0.25) is 5.91 Å². The minimum absolute atomic E-state index is 0.0924. The minimum atomic E-state index is -0.590. The number of anilines is 2. The molecule has 2 N–H and O–H groups in total. The Kier molecular flexibility index (Phi) is 7.36. The number of benzene rings is 2. The van der Waals surface area contributed by atoms with E-state index < -0.39 is 23.7 Å². The molecule has 1 atom stereocenters. The maximum absolute atomic E-state index is 12.1. The summed E-state index contributed by atoms with van der Waals surface area (Å²) in [5, 5.41) is 4.84. The Hall–Kier alpha value is -2.98. The van der Waals surface area contributed by atoms with Crippen LogP contribution in [-0.2, 0) is 19.1 Å². The van der Waals surface area contributed by atoms with E-state index in [0.717, 1.165) is 29.1 Å². The smallest absolute Gasteiger partial charge is 0.319 e. The summed E-state index contributed by atoms with van der Waals surface area (Å²) in [5.41, 5.74) is 3.58. The normalized spacial score (nSPS) is 11.7. The molecule has 3 rings (SSSR count). The topological polar surface area (TPSA) is 110 Å². The number of carbonyl (C=O) groups excluding carboxylic acids is 3. The lowest BCUT2D eigenvalue weighted by atomic mass is 10.2. The highest BCUT2D eigenvalue weighted by Crippen LogP contribution is 2.21. The van der Waals surface area contributed by atoms with E-state index in [4.69, 9.17) is 4.74 Å². The summed E-state index contributed by atoms with van der Waals surface area (Å²) in [6.07, 6.45) is 0. The highest BCUT2D eigenvalue weighted by molar-refractivity contribution is 8.01. The first-order valence-corrected chi connectivity index (χ1v) is 10.9. The Morgan fingerprint density at radius 3 is 2.60 bits per heavy atom. The van der Waals surface area contributed by atoms with Gasteiger partial charge < -0.3 is 15.4 Å². The van der Waals surface area contributed by atoms with Gasteiger partial charge in [0, 0.05) is 5.69 Å². The number of amides is 2. The average molecular weight is 445 g/mol. The fourth-order valence-corrected chi connectivity index (χ4v) is 3.68. The first-order chi connectivity index (χ1) is 14.4. The lowest BCUT2D eigenvalue weighted by molar-refractivity contribution is -0.146. The molecule has 156 valence electrons. The summed E-state index contributed by atoms with van der Waals surface area (Å²) in [6.45, 7) is 3.17. The molecular weight excluding hydrogens is 424 g/mol. The molecule has 0 radical (unpaired) electrons. The summed E-state index contributed by atoms with van der Waals surface area (Å²) in [6, 6.07) is 12.7. The van der Waals surface area contributed by atoms with Crippen molar-refractivity contribution >= 4 is 63.7 Å². The van der Waals surface area contributed by atoms with E-state index in [0.29, 0.717) is 22.4 Å². The molecule has 0 unspecified atom stereocenters. The van der Waals surface area contributed by atoms with Gasteiger partial charge in [0.15, 0.2) is 6.61 Å². The van der Waals surface area contributed by atoms with E-state index in [-0.39, 0.29) is 11.7 Å². The van der Waals surface area contributed by atoms with Gasteiger partial charge in [0.1, 0.15) is 16.3 Å². The summed E-state index contributed by atoms with van der Waals surface area (Å²) < 4.78 is 13.3. The Morgan fingerprint density at radius 2 is 1.83 bits per heavy atom. The summed E-state index contributed by atoms with van der Waals surface area (Å²) in [5.74, 6) is -1.16. The van der Waals surface area contributed by atoms with Gasteiger partial charge in [-0.25, -0.2) is 0 Å². The van der Waals surface area contributed by atoms with Crippen LogP contribution < -0.4 is 10.6 Å². The van der Waals surface area contributed by atoms with Crippen molar-refractivity contribution < 1.29 is 19.1 Å². The number of nitrogens with one attached hydrogen (secondary N) is 2. The maximum Gasteiger partial charge on any atom is 0.319 e. The predicted octanol–water partition coefficient (Wildman–Crippen LogP) is 3.24. The molecule has 30 heavy (non-hydrogen) atoms. The number of rotatable bonds is 8. The molecule has 0 aliphatic carbocycles. The van der Waals surface area contributed by atoms with Crippen LogP contribution in [0, 0.1) is 6.92 Å². The maximum atomic E-state index is 12.1. The first-order valence-electron chi connectivity index (χ1n) is 9.08. The Balaban J connectivity index is 1.40. The van der Waals surface area contributed by atoms with Gasteiger partial charge in [-0.3, -0.25) is 14.4 Å². The van der Waals surface area contributed by atoms with Gasteiger partial charge in [0.25, 0.3) is 5.91 Å². The fourth-order valence-electron chi connectivity index (χ4n) is 2.45. The number of thioether (sulfide) groups is 1. The average Bonchev–Trinajstić information content (AvgIpc) is 3.22. The zero-order valence-electron chi connectivity index (χ0n) is 16.4. The standard InChI is InChI=1S/C20H20N4O4S2/c1-12-6-8-14(9-7-12)21-18(26)11-29-13(2)20(27)28-10-17(25)22-15-4-3-5-16-19(15)24-30-23-16/h3-9,13H,10-11H2,1-2H3,(H,21,26)(H,22,25)/t13-/m0/s1. The van der Waals surface area contributed by atoms with Crippen molar-refractivity contribution in [3.63, 3.8) is 0 Å². The van der Waals surface area contributed by atoms with Crippen LogP contribution in [0.3, 0.4) is 0 Å². The van der Waals surface area contributed by atoms with Crippen LogP contribution in [-0.4, -0.2) is 44.1 Å². The minimum Gasteiger partial charge on any atom is -0.455 e. The van der Waals surface area contributed by atoms with E-state index >= 15 is 0 Å². The van der Waals surface area contributed by atoms with Crippen molar-refractivity contribution in [3.05, 3.63) is 48.0 Å². The van der Waals surface area contributed by atoms with E-state index in [1.54, 1.807) is 25.1 Å². The van der Waals surface area contributed by atoms with Gasteiger partial charge in [-0.05, 0) is 38.1 Å². The summed E-state index contributed by atoms with van der Waals surface area (Å²) >= 11 is 2.19. The quantitative estimate of drug-likeness (QED) is 0.513. The monoisotopic (exact) mass is 444 g/mol. The van der Waals surface area contributed by atoms with E-state index in [9.17, 15) is 14.4 Å². The van der Waals surface area contributed by atoms with Gasteiger partial charge in [-0.2, -0.15) is 8.75 Å². The molecule has 0 saturated carbocycles. The van der Waals surface area contributed by atoms with Crippen molar-refractivity contribution in [2.45, 2.75) is 19.1 Å². The second kappa shape index (κ2) is 10.2. The van der Waals surface area contributed by atoms with Crippen molar-refractivity contribution in [1.29, 1.82) is 0 Å². The molecule has 0 fully saturated rings. The third-order valence-electron chi connectivity index (χ3n) is 4.04. The van der Waals surface area contributed by atoms with Crippen LogP contribution in [0.25, 0.3) is 11.0 Å². The lowest BCUT2D eigenvalue weighted by Gasteiger charge is -2.12. The molecule has 2 amide bonds. The molecule has 0 aliphatic heterocycles. The fraction of sp³-hybridized carbons (Fsp3) is 0.250. The molecule has 8 nitrogen and oxygen atoms in total. The molecular formula is C20H20N4O4S2. The van der Waals surface area contributed by atoms with Gasteiger partial charge in [0.05, 0.1) is 23.2 Å². The van der Waals surface area contributed by atoms with E-state index in [2.05, 4.69) is 19.4 Å². The van der Waals surface area contributed by atoms with E-state index in [1.807, 2.05) is 31.2 Å². The number of esters is 1. The van der Waals surface area contributed by atoms with Gasteiger partial charge in [-0.1, -0.05) is 23.8 Å². The zero-order chi connectivity index (χ0) is 21.5. The Bertz CT molecular complexity index is 1050. The number of nitrogens with zero attached hydrogens (tertiary/aromatic N) is 2. The summed E-state index contributed by atoms with van der Waals surface area (Å²) in [4.78, 5) is 36.2. The third kappa shape index (κ3) is 6.01. The van der Waals surface area contributed by atoms with Crippen molar-refractivity contribution in [1.82, 2.24) is 8.75 Å². The second-order valence-electron chi connectivity index (χ2n) is 6.46. The van der Waals surface area contributed by atoms with Crippen LogP contribution >= 0.6 is 23.5 Å². The highest BCUT2D eigenvalue weighted by atomic mass is 32.2. The number of aryl methyl sites for hydroxylation is 1. The molecule has 2 aromatic carbocycles. The molecule has 0 spiro atoms. The van der Waals surface area contributed by atoms with Gasteiger partial charge in [-0.15, -0.1) is 11.8 Å². The molecule has 1 heterocycles. The number of hydrogen-bond donors (Lipinski definition) is 2. The number of aromatic nitrogens is 2.